The number of aromatic amines is 1. The third-order valence-electron chi connectivity index (χ3n) is 3.59. The van der Waals surface area contributed by atoms with Gasteiger partial charge in [-0.3, -0.25) is 0 Å². The van der Waals surface area contributed by atoms with Crippen molar-refractivity contribution in [3.63, 3.8) is 0 Å². The molecule has 0 radical (unpaired) electrons. The molecule has 1 unspecified atom stereocenters. The minimum Gasteiger partial charge on any atom is -0.342 e. The summed E-state index contributed by atoms with van der Waals surface area (Å²) in [6.45, 7) is 0.474. The van der Waals surface area contributed by atoms with Crippen LogP contribution < -0.4 is 5.73 Å². The number of imidazole rings is 1. The predicted octanol–water partition coefficient (Wildman–Crippen LogP) is 4.15. The third-order valence-corrected chi connectivity index (χ3v) is 4.30. The Labute approximate surface area is 133 Å². The van der Waals surface area contributed by atoms with Crippen LogP contribution in [0.15, 0.2) is 42.5 Å². The molecule has 0 fully saturated rings. The number of rotatable bonds is 4. The minimum atomic E-state index is 0.0507. The normalized spacial score (nSPS) is 12.7. The predicted molar refractivity (Wildman–Crippen MR) is 88.1 cm³/mol. The molecular formula is C16H15Cl2N3. The van der Waals surface area contributed by atoms with Gasteiger partial charge in [0.2, 0.25) is 0 Å². The first kappa shape index (κ1) is 14.4. The van der Waals surface area contributed by atoms with Gasteiger partial charge in [0.1, 0.15) is 5.82 Å². The Morgan fingerprint density at radius 1 is 1.05 bits per heavy atom. The number of fused-ring (bicyclic) bond motifs is 1. The maximum absolute atomic E-state index is 6.24. The van der Waals surface area contributed by atoms with E-state index < -0.39 is 0 Å². The van der Waals surface area contributed by atoms with Crippen LogP contribution in [0.5, 0.6) is 0 Å². The molecule has 21 heavy (non-hydrogen) atoms. The highest BCUT2D eigenvalue weighted by molar-refractivity contribution is 6.36. The van der Waals surface area contributed by atoms with Crippen molar-refractivity contribution in [2.75, 3.05) is 6.54 Å². The molecule has 0 spiro atoms. The maximum Gasteiger partial charge on any atom is 0.111 e. The van der Waals surface area contributed by atoms with E-state index in [0.717, 1.165) is 22.4 Å². The average molecular weight is 320 g/mol. The zero-order valence-corrected chi connectivity index (χ0v) is 12.8. The van der Waals surface area contributed by atoms with Gasteiger partial charge in [-0.05, 0) is 36.2 Å². The van der Waals surface area contributed by atoms with Crippen molar-refractivity contribution in [2.45, 2.75) is 12.3 Å². The van der Waals surface area contributed by atoms with Crippen LogP contribution in [0.3, 0.4) is 0 Å². The molecule has 108 valence electrons. The summed E-state index contributed by atoms with van der Waals surface area (Å²) < 4.78 is 0. The van der Waals surface area contributed by atoms with Crippen molar-refractivity contribution in [3.8, 4) is 0 Å². The molecule has 5 heteroatoms. The second-order valence-electron chi connectivity index (χ2n) is 4.98. The number of hydrogen-bond donors (Lipinski definition) is 2. The Bertz CT molecular complexity index is 714. The molecule has 0 saturated carbocycles. The molecule has 0 saturated heterocycles. The SMILES string of the molecule is NCC(Cc1c(Cl)cccc1Cl)c1nc2ccccc2[nH]1. The number of aromatic nitrogens is 2. The lowest BCUT2D eigenvalue weighted by Gasteiger charge is -2.14. The Hall–Kier alpha value is -1.55. The van der Waals surface area contributed by atoms with Crippen LogP contribution in [0.25, 0.3) is 11.0 Å². The van der Waals surface area contributed by atoms with Crippen molar-refractivity contribution < 1.29 is 0 Å². The lowest BCUT2D eigenvalue weighted by atomic mass is 9.98. The highest BCUT2D eigenvalue weighted by atomic mass is 35.5. The van der Waals surface area contributed by atoms with Gasteiger partial charge in [-0.2, -0.15) is 0 Å². The summed E-state index contributed by atoms with van der Waals surface area (Å²) in [7, 11) is 0. The van der Waals surface area contributed by atoms with Gasteiger partial charge >= 0.3 is 0 Å². The molecule has 0 bridgehead atoms. The second-order valence-corrected chi connectivity index (χ2v) is 5.79. The fraction of sp³-hybridized carbons (Fsp3) is 0.188. The van der Waals surface area contributed by atoms with E-state index >= 15 is 0 Å². The molecule has 3 aromatic rings. The summed E-state index contributed by atoms with van der Waals surface area (Å²) >= 11 is 12.5. The molecule has 1 aromatic heterocycles. The zero-order chi connectivity index (χ0) is 14.8. The van der Waals surface area contributed by atoms with Gasteiger partial charge in [-0.25, -0.2) is 4.98 Å². The molecule has 0 aliphatic carbocycles. The fourth-order valence-electron chi connectivity index (χ4n) is 2.43. The van der Waals surface area contributed by atoms with Crippen LogP contribution in [0.4, 0.5) is 0 Å². The maximum atomic E-state index is 6.24. The number of H-pyrrole nitrogens is 1. The van der Waals surface area contributed by atoms with Crippen LogP contribution >= 0.6 is 23.2 Å². The van der Waals surface area contributed by atoms with E-state index in [2.05, 4.69) is 9.97 Å². The monoisotopic (exact) mass is 319 g/mol. The lowest BCUT2D eigenvalue weighted by Crippen LogP contribution is -2.16. The summed E-state index contributed by atoms with van der Waals surface area (Å²) in [5, 5.41) is 1.33. The molecular weight excluding hydrogens is 305 g/mol. The van der Waals surface area contributed by atoms with Crippen LogP contribution in [0.1, 0.15) is 17.3 Å². The molecule has 1 atom stereocenters. The van der Waals surface area contributed by atoms with Gasteiger partial charge in [0, 0.05) is 22.5 Å². The first-order valence-electron chi connectivity index (χ1n) is 6.76. The number of para-hydroxylation sites is 2. The molecule has 0 aliphatic heterocycles. The molecule has 1 heterocycles. The number of nitrogens with one attached hydrogen (secondary N) is 1. The number of nitrogens with zero attached hydrogens (tertiary/aromatic N) is 1. The van der Waals surface area contributed by atoms with Crippen LogP contribution in [0.2, 0.25) is 10.0 Å². The number of benzene rings is 2. The highest BCUT2D eigenvalue weighted by Crippen LogP contribution is 2.29. The molecule has 3 N–H and O–H groups in total. The second kappa shape index (κ2) is 6.06. The fourth-order valence-corrected chi connectivity index (χ4v) is 2.98. The van der Waals surface area contributed by atoms with E-state index in [0.29, 0.717) is 23.0 Å². The summed E-state index contributed by atoms with van der Waals surface area (Å²) in [5.41, 5.74) is 8.79. The molecule has 2 aromatic carbocycles. The Balaban J connectivity index is 1.95. The standard InChI is InChI=1S/C16H15Cl2N3/c17-12-4-3-5-13(18)11(12)8-10(9-19)16-20-14-6-1-2-7-15(14)21-16/h1-7,10H,8-9,19H2,(H,20,21). The van der Waals surface area contributed by atoms with Crippen LogP contribution in [-0.4, -0.2) is 16.5 Å². The first-order valence-corrected chi connectivity index (χ1v) is 7.52. The summed E-state index contributed by atoms with van der Waals surface area (Å²) in [6, 6.07) is 13.5. The zero-order valence-electron chi connectivity index (χ0n) is 11.3. The van der Waals surface area contributed by atoms with E-state index in [1.807, 2.05) is 42.5 Å². The largest absolute Gasteiger partial charge is 0.342 e. The molecule has 0 amide bonds. The Kier molecular flexibility index (Phi) is 4.15. The van der Waals surface area contributed by atoms with Gasteiger partial charge in [0.15, 0.2) is 0 Å². The summed E-state index contributed by atoms with van der Waals surface area (Å²) in [4.78, 5) is 7.95. The van der Waals surface area contributed by atoms with E-state index in [1.165, 1.54) is 0 Å². The quantitative estimate of drug-likeness (QED) is 0.758. The van der Waals surface area contributed by atoms with Crippen molar-refractivity contribution in [1.29, 1.82) is 0 Å². The van der Waals surface area contributed by atoms with Gasteiger partial charge < -0.3 is 10.7 Å². The smallest absolute Gasteiger partial charge is 0.111 e. The first-order chi connectivity index (χ1) is 10.2. The molecule has 0 aliphatic rings. The van der Waals surface area contributed by atoms with Crippen molar-refractivity contribution in [2.24, 2.45) is 5.73 Å². The number of nitrogens with two attached hydrogens (primary N) is 1. The molecule has 3 nitrogen and oxygen atoms in total. The van der Waals surface area contributed by atoms with Gasteiger partial charge in [-0.1, -0.05) is 41.4 Å². The van der Waals surface area contributed by atoms with Gasteiger partial charge in [-0.15, -0.1) is 0 Å². The van der Waals surface area contributed by atoms with E-state index in [4.69, 9.17) is 28.9 Å². The topological polar surface area (TPSA) is 54.7 Å². The number of hydrogen-bond acceptors (Lipinski definition) is 2. The number of halogens is 2. The van der Waals surface area contributed by atoms with E-state index in [-0.39, 0.29) is 5.92 Å². The van der Waals surface area contributed by atoms with Gasteiger partial charge in [0.25, 0.3) is 0 Å². The van der Waals surface area contributed by atoms with Crippen molar-refractivity contribution >= 4 is 34.2 Å². The van der Waals surface area contributed by atoms with Crippen LogP contribution in [-0.2, 0) is 6.42 Å². The Morgan fingerprint density at radius 3 is 2.43 bits per heavy atom. The van der Waals surface area contributed by atoms with E-state index in [9.17, 15) is 0 Å². The Morgan fingerprint density at radius 2 is 1.76 bits per heavy atom. The average Bonchev–Trinajstić information content (AvgIpc) is 2.90. The lowest BCUT2D eigenvalue weighted by molar-refractivity contribution is 0.658. The van der Waals surface area contributed by atoms with Crippen LogP contribution in [0, 0.1) is 0 Å². The molecule has 3 rings (SSSR count). The highest BCUT2D eigenvalue weighted by Gasteiger charge is 2.18. The van der Waals surface area contributed by atoms with Crippen molar-refractivity contribution in [1.82, 2.24) is 9.97 Å². The summed E-state index contributed by atoms with van der Waals surface area (Å²) in [5.74, 6) is 0.921. The van der Waals surface area contributed by atoms with Gasteiger partial charge in [0.05, 0.1) is 11.0 Å². The van der Waals surface area contributed by atoms with E-state index in [1.54, 1.807) is 0 Å². The summed E-state index contributed by atoms with van der Waals surface area (Å²) in [6.07, 6.45) is 0.662. The van der Waals surface area contributed by atoms with Crippen molar-refractivity contribution in [3.05, 3.63) is 63.9 Å². The minimum absolute atomic E-state index is 0.0507. The third kappa shape index (κ3) is 2.91.